The number of ether oxygens (including phenoxy) is 1. The average Bonchev–Trinajstić information content (AvgIpc) is 2.74. The second kappa shape index (κ2) is 4.94. The fraction of sp³-hybridized carbons (Fsp3) is 0.0909. The van der Waals surface area contributed by atoms with Crippen LogP contribution in [-0.4, -0.2) is 15.9 Å². The number of imidazole rings is 1. The summed E-state index contributed by atoms with van der Waals surface area (Å²) in [6.07, 6.45) is 1.43. The lowest BCUT2D eigenvalue weighted by Gasteiger charge is -2.02. The standard InChI is InChI=1S/C11H9BrN2O2/c12-11-13-6-9(14-11)10(15)16-7-8-4-2-1-3-5-8/h1-6H,7H2,(H,13,14). The number of nitrogens with zero attached hydrogens (tertiary/aromatic N) is 1. The van der Waals surface area contributed by atoms with E-state index in [-0.39, 0.29) is 6.61 Å². The number of rotatable bonds is 3. The van der Waals surface area contributed by atoms with Crippen molar-refractivity contribution in [1.82, 2.24) is 9.97 Å². The minimum Gasteiger partial charge on any atom is -0.456 e. The number of aromatic amines is 1. The number of carbonyl (C=O) groups excluding carboxylic acids is 1. The van der Waals surface area contributed by atoms with Crippen LogP contribution >= 0.6 is 15.9 Å². The number of halogens is 1. The molecule has 5 heteroatoms. The predicted octanol–water partition coefficient (Wildman–Crippen LogP) is 2.53. The third-order valence-electron chi connectivity index (χ3n) is 1.98. The van der Waals surface area contributed by atoms with Gasteiger partial charge in [0.05, 0.1) is 6.20 Å². The van der Waals surface area contributed by atoms with E-state index in [0.717, 1.165) is 5.56 Å². The van der Waals surface area contributed by atoms with Gasteiger partial charge in [0.2, 0.25) is 0 Å². The first-order valence-electron chi connectivity index (χ1n) is 4.67. The Hall–Kier alpha value is -1.62. The van der Waals surface area contributed by atoms with E-state index >= 15 is 0 Å². The monoisotopic (exact) mass is 280 g/mol. The van der Waals surface area contributed by atoms with E-state index in [1.165, 1.54) is 6.20 Å². The van der Waals surface area contributed by atoms with Crippen molar-refractivity contribution in [3.63, 3.8) is 0 Å². The molecule has 0 aliphatic carbocycles. The van der Waals surface area contributed by atoms with Gasteiger partial charge in [-0.25, -0.2) is 9.78 Å². The molecule has 82 valence electrons. The fourth-order valence-corrected chi connectivity index (χ4v) is 1.52. The normalized spacial score (nSPS) is 10.1. The molecule has 2 rings (SSSR count). The van der Waals surface area contributed by atoms with Gasteiger partial charge >= 0.3 is 5.97 Å². The number of carbonyl (C=O) groups is 1. The highest BCUT2D eigenvalue weighted by Crippen LogP contribution is 2.07. The number of nitrogens with one attached hydrogen (secondary N) is 1. The van der Waals surface area contributed by atoms with Crippen LogP contribution < -0.4 is 0 Å². The average molecular weight is 281 g/mol. The topological polar surface area (TPSA) is 55.0 Å². The highest BCUT2D eigenvalue weighted by Gasteiger charge is 2.09. The van der Waals surface area contributed by atoms with Crippen LogP contribution in [0.1, 0.15) is 16.1 Å². The first kappa shape index (κ1) is 10.9. The van der Waals surface area contributed by atoms with Gasteiger partial charge in [-0.1, -0.05) is 30.3 Å². The number of hydrogen-bond acceptors (Lipinski definition) is 3. The molecule has 0 radical (unpaired) electrons. The summed E-state index contributed by atoms with van der Waals surface area (Å²) < 4.78 is 5.61. The Morgan fingerprint density at radius 1 is 1.38 bits per heavy atom. The fourth-order valence-electron chi connectivity index (χ4n) is 1.20. The zero-order valence-corrected chi connectivity index (χ0v) is 9.90. The summed E-state index contributed by atoms with van der Waals surface area (Å²) in [5.41, 5.74) is 1.29. The van der Waals surface area contributed by atoms with Gasteiger partial charge in [-0.2, -0.15) is 0 Å². The Morgan fingerprint density at radius 3 is 2.75 bits per heavy atom. The highest BCUT2D eigenvalue weighted by molar-refractivity contribution is 9.10. The summed E-state index contributed by atoms with van der Waals surface area (Å²) in [6, 6.07) is 9.51. The lowest BCUT2D eigenvalue weighted by molar-refractivity contribution is 0.0466. The molecule has 0 saturated carbocycles. The number of hydrogen-bond donors (Lipinski definition) is 1. The minimum absolute atomic E-state index is 0.260. The van der Waals surface area contributed by atoms with Gasteiger partial charge in [0.15, 0.2) is 4.73 Å². The van der Waals surface area contributed by atoms with Crippen molar-refractivity contribution in [3.05, 3.63) is 52.5 Å². The molecule has 1 heterocycles. The molecule has 2 aromatic rings. The quantitative estimate of drug-likeness (QED) is 0.879. The van der Waals surface area contributed by atoms with Gasteiger partial charge in [-0.15, -0.1) is 0 Å². The van der Waals surface area contributed by atoms with Gasteiger partial charge in [0.1, 0.15) is 12.3 Å². The Bertz CT molecular complexity index is 482. The highest BCUT2D eigenvalue weighted by atomic mass is 79.9. The van der Waals surface area contributed by atoms with E-state index in [4.69, 9.17) is 4.74 Å². The van der Waals surface area contributed by atoms with Crippen LogP contribution in [0.2, 0.25) is 0 Å². The van der Waals surface area contributed by atoms with Crippen LogP contribution in [0.25, 0.3) is 0 Å². The van der Waals surface area contributed by atoms with E-state index in [0.29, 0.717) is 10.4 Å². The zero-order valence-electron chi connectivity index (χ0n) is 8.31. The molecule has 0 fully saturated rings. The molecule has 0 bridgehead atoms. The van der Waals surface area contributed by atoms with E-state index in [1.54, 1.807) is 0 Å². The molecule has 4 nitrogen and oxygen atoms in total. The number of aromatic nitrogens is 2. The van der Waals surface area contributed by atoms with Crippen molar-refractivity contribution < 1.29 is 9.53 Å². The minimum atomic E-state index is -0.415. The van der Waals surface area contributed by atoms with E-state index < -0.39 is 5.97 Å². The number of H-pyrrole nitrogens is 1. The molecule has 0 spiro atoms. The Kier molecular flexibility index (Phi) is 3.36. The lowest BCUT2D eigenvalue weighted by Crippen LogP contribution is -2.05. The molecule has 1 aromatic carbocycles. The maximum absolute atomic E-state index is 11.5. The summed E-state index contributed by atoms with van der Waals surface area (Å²) in [5, 5.41) is 0. The molecular weight excluding hydrogens is 272 g/mol. The molecule has 0 atom stereocenters. The van der Waals surface area contributed by atoms with Crippen LogP contribution in [0.4, 0.5) is 0 Å². The number of benzene rings is 1. The molecule has 0 aliphatic heterocycles. The summed E-state index contributed by atoms with van der Waals surface area (Å²) in [6.45, 7) is 0.260. The van der Waals surface area contributed by atoms with Crippen molar-refractivity contribution in [2.75, 3.05) is 0 Å². The maximum Gasteiger partial charge on any atom is 0.356 e. The van der Waals surface area contributed by atoms with E-state index in [9.17, 15) is 4.79 Å². The van der Waals surface area contributed by atoms with Crippen molar-refractivity contribution in [3.8, 4) is 0 Å². The van der Waals surface area contributed by atoms with Gasteiger partial charge in [0, 0.05) is 0 Å². The molecule has 1 aromatic heterocycles. The van der Waals surface area contributed by atoms with E-state index in [1.807, 2.05) is 30.3 Å². The van der Waals surface area contributed by atoms with Crippen LogP contribution in [0.15, 0.2) is 41.3 Å². The van der Waals surface area contributed by atoms with Gasteiger partial charge in [-0.05, 0) is 21.5 Å². The molecular formula is C11H9BrN2O2. The number of esters is 1. The predicted molar refractivity (Wildman–Crippen MR) is 61.8 cm³/mol. The molecule has 1 N–H and O–H groups in total. The van der Waals surface area contributed by atoms with Crippen LogP contribution in [0.5, 0.6) is 0 Å². The third-order valence-corrected chi connectivity index (χ3v) is 2.38. The molecule has 16 heavy (non-hydrogen) atoms. The molecule has 0 unspecified atom stereocenters. The smallest absolute Gasteiger partial charge is 0.356 e. The zero-order chi connectivity index (χ0) is 11.4. The van der Waals surface area contributed by atoms with Crippen molar-refractivity contribution in [1.29, 1.82) is 0 Å². The van der Waals surface area contributed by atoms with Gasteiger partial charge < -0.3 is 9.72 Å². The SMILES string of the molecule is O=C(OCc1ccccc1)c1cnc(Br)[nH]1. The maximum atomic E-state index is 11.5. The Labute approximate surface area is 101 Å². The summed E-state index contributed by atoms with van der Waals surface area (Å²) in [7, 11) is 0. The van der Waals surface area contributed by atoms with E-state index in [2.05, 4.69) is 25.9 Å². The van der Waals surface area contributed by atoms with Crippen molar-refractivity contribution >= 4 is 21.9 Å². The molecule has 0 saturated heterocycles. The Morgan fingerprint density at radius 2 is 2.12 bits per heavy atom. The Balaban J connectivity index is 1.94. The second-order valence-electron chi connectivity index (χ2n) is 3.15. The molecule has 0 aliphatic rings. The van der Waals surface area contributed by atoms with Gasteiger partial charge in [-0.3, -0.25) is 0 Å². The summed E-state index contributed by atoms with van der Waals surface area (Å²) in [5.74, 6) is -0.415. The lowest BCUT2D eigenvalue weighted by atomic mass is 10.2. The van der Waals surface area contributed by atoms with Crippen LogP contribution in [0.3, 0.4) is 0 Å². The van der Waals surface area contributed by atoms with Crippen molar-refractivity contribution in [2.24, 2.45) is 0 Å². The summed E-state index contributed by atoms with van der Waals surface area (Å²) in [4.78, 5) is 18.1. The first-order chi connectivity index (χ1) is 7.75. The molecule has 0 amide bonds. The first-order valence-corrected chi connectivity index (χ1v) is 5.46. The second-order valence-corrected chi connectivity index (χ2v) is 3.90. The summed E-state index contributed by atoms with van der Waals surface area (Å²) >= 11 is 3.12. The van der Waals surface area contributed by atoms with Crippen LogP contribution in [-0.2, 0) is 11.3 Å². The van der Waals surface area contributed by atoms with Gasteiger partial charge in [0.25, 0.3) is 0 Å². The third kappa shape index (κ3) is 2.70. The largest absolute Gasteiger partial charge is 0.456 e. The van der Waals surface area contributed by atoms with Crippen LogP contribution in [0, 0.1) is 0 Å². The van der Waals surface area contributed by atoms with Crippen molar-refractivity contribution in [2.45, 2.75) is 6.61 Å².